The summed E-state index contributed by atoms with van der Waals surface area (Å²) >= 11 is 0. The zero-order valence-corrected chi connectivity index (χ0v) is 15.1. The maximum absolute atomic E-state index is 15.0. The highest BCUT2D eigenvalue weighted by molar-refractivity contribution is 5.91. The number of nitrogens with one attached hydrogen (secondary N) is 1. The number of furan rings is 1. The van der Waals surface area contributed by atoms with Crippen LogP contribution >= 0.6 is 0 Å². The lowest BCUT2D eigenvalue weighted by Gasteiger charge is -2.48. The minimum atomic E-state index is -0.277. The molecule has 2 atom stereocenters. The number of pyridine rings is 1. The maximum Gasteiger partial charge on any atom is 0.152 e. The van der Waals surface area contributed by atoms with Gasteiger partial charge in [-0.25, -0.2) is 4.39 Å². The van der Waals surface area contributed by atoms with Crippen molar-refractivity contribution in [2.24, 2.45) is 0 Å². The van der Waals surface area contributed by atoms with E-state index in [1.54, 1.807) is 18.5 Å². The van der Waals surface area contributed by atoms with Crippen LogP contribution in [-0.4, -0.2) is 23.2 Å². The van der Waals surface area contributed by atoms with Crippen LogP contribution in [0.1, 0.15) is 32.8 Å². The monoisotopic (exact) mass is 352 g/mol. The number of halogens is 1. The summed E-state index contributed by atoms with van der Waals surface area (Å²) < 4.78 is 26.7. The summed E-state index contributed by atoms with van der Waals surface area (Å²) in [5.41, 5.74) is 4.09. The molecule has 1 N–H and O–H groups in total. The fraction of sp³-hybridized carbons (Fsp3) is 0.381. The number of anilines is 1. The van der Waals surface area contributed by atoms with Crippen LogP contribution in [0.2, 0.25) is 0 Å². The summed E-state index contributed by atoms with van der Waals surface area (Å²) in [4.78, 5) is 4.38. The van der Waals surface area contributed by atoms with Gasteiger partial charge in [-0.2, -0.15) is 0 Å². The molecule has 0 aliphatic carbocycles. The van der Waals surface area contributed by atoms with Crippen LogP contribution in [0.15, 0.2) is 41.1 Å². The second kappa shape index (κ2) is 5.07. The lowest BCUT2D eigenvalue weighted by atomic mass is 9.66. The number of hydrogen-bond donors (Lipinski definition) is 1. The van der Waals surface area contributed by atoms with Crippen LogP contribution < -0.4 is 5.32 Å². The van der Waals surface area contributed by atoms with Gasteiger partial charge in [-0.05, 0) is 50.1 Å². The van der Waals surface area contributed by atoms with Crippen LogP contribution in [-0.2, 0) is 10.2 Å². The molecule has 0 spiro atoms. The molecule has 5 heteroatoms. The molecule has 2 aliphatic rings. The number of nitrogens with zero attached hydrogens (tertiary/aromatic N) is 1. The molecule has 26 heavy (non-hydrogen) atoms. The molecule has 0 bridgehead atoms. The molecule has 4 heterocycles. The van der Waals surface area contributed by atoms with Gasteiger partial charge in [-0.1, -0.05) is 6.92 Å². The number of fused-ring (bicyclic) bond motifs is 4. The molecule has 0 radical (unpaired) electrons. The van der Waals surface area contributed by atoms with E-state index >= 15 is 4.39 Å². The van der Waals surface area contributed by atoms with Gasteiger partial charge in [-0.3, -0.25) is 4.98 Å². The quantitative estimate of drug-likeness (QED) is 0.678. The van der Waals surface area contributed by atoms with E-state index in [2.05, 4.69) is 31.1 Å². The number of rotatable bonds is 1. The molecule has 3 aromatic rings. The molecule has 0 amide bonds. The summed E-state index contributed by atoms with van der Waals surface area (Å²) in [6.07, 6.45) is 4.25. The Morgan fingerprint density at radius 2 is 2.08 bits per heavy atom. The Balaban J connectivity index is 1.74. The van der Waals surface area contributed by atoms with Crippen LogP contribution in [0.5, 0.6) is 0 Å². The molecular weight excluding hydrogens is 331 g/mol. The zero-order valence-electron chi connectivity index (χ0n) is 15.1. The van der Waals surface area contributed by atoms with E-state index < -0.39 is 0 Å². The van der Waals surface area contributed by atoms with Gasteiger partial charge in [0.2, 0.25) is 0 Å². The van der Waals surface area contributed by atoms with E-state index in [-0.39, 0.29) is 22.9 Å². The Morgan fingerprint density at radius 3 is 2.92 bits per heavy atom. The molecule has 134 valence electrons. The molecule has 4 nitrogen and oxygen atoms in total. The fourth-order valence-electron chi connectivity index (χ4n) is 4.81. The number of aromatic nitrogens is 1. The normalized spacial score (nSPS) is 26.4. The summed E-state index contributed by atoms with van der Waals surface area (Å²) in [6.45, 7) is 7.17. The third-order valence-electron chi connectivity index (χ3n) is 5.94. The Kier molecular flexibility index (Phi) is 3.09. The molecule has 1 fully saturated rings. The SMILES string of the molecule is CC1(C)Nc2cc(F)c(-c3coc4cccnc34)cc2C2(C)CCOC12. The van der Waals surface area contributed by atoms with Crippen molar-refractivity contribution in [3.8, 4) is 11.1 Å². The van der Waals surface area contributed by atoms with Crippen molar-refractivity contribution >= 4 is 16.8 Å². The predicted molar refractivity (Wildman–Crippen MR) is 98.8 cm³/mol. The zero-order chi connectivity index (χ0) is 18.1. The van der Waals surface area contributed by atoms with Crippen molar-refractivity contribution in [3.63, 3.8) is 0 Å². The smallest absolute Gasteiger partial charge is 0.152 e. The van der Waals surface area contributed by atoms with Gasteiger partial charge in [0.1, 0.15) is 17.6 Å². The number of hydrogen-bond acceptors (Lipinski definition) is 4. The molecule has 1 saturated heterocycles. The van der Waals surface area contributed by atoms with Crippen LogP contribution in [0, 0.1) is 5.82 Å². The van der Waals surface area contributed by atoms with Crippen molar-refractivity contribution in [3.05, 3.63) is 48.1 Å². The van der Waals surface area contributed by atoms with Crippen molar-refractivity contribution in [1.29, 1.82) is 0 Å². The topological polar surface area (TPSA) is 47.3 Å². The van der Waals surface area contributed by atoms with Crippen LogP contribution in [0.3, 0.4) is 0 Å². The van der Waals surface area contributed by atoms with E-state index in [9.17, 15) is 0 Å². The molecular formula is C21H21FN2O2. The predicted octanol–water partition coefficient (Wildman–Crippen LogP) is 4.88. The summed E-state index contributed by atoms with van der Waals surface area (Å²) in [6, 6.07) is 7.21. The van der Waals surface area contributed by atoms with Crippen LogP contribution in [0.4, 0.5) is 10.1 Å². The van der Waals surface area contributed by atoms with E-state index in [1.165, 1.54) is 0 Å². The Hall–Kier alpha value is -2.40. The largest absolute Gasteiger partial charge is 0.462 e. The summed E-state index contributed by atoms with van der Waals surface area (Å²) in [7, 11) is 0. The highest BCUT2D eigenvalue weighted by atomic mass is 19.1. The van der Waals surface area contributed by atoms with E-state index in [0.29, 0.717) is 28.8 Å². The molecule has 2 unspecified atom stereocenters. The third-order valence-corrected chi connectivity index (χ3v) is 5.94. The second-order valence-corrected chi connectivity index (χ2v) is 8.14. The summed E-state index contributed by atoms with van der Waals surface area (Å²) in [5, 5.41) is 3.48. The minimum absolute atomic E-state index is 0.0417. The number of benzene rings is 1. The van der Waals surface area contributed by atoms with Crippen molar-refractivity contribution in [1.82, 2.24) is 4.98 Å². The average Bonchev–Trinajstić information content (AvgIpc) is 3.19. The van der Waals surface area contributed by atoms with Gasteiger partial charge in [-0.15, -0.1) is 0 Å². The molecule has 5 rings (SSSR count). The lowest BCUT2D eigenvalue weighted by molar-refractivity contribution is 0.0352. The minimum Gasteiger partial charge on any atom is -0.462 e. The Labute approximate surface area is 151 Å². The first-order valence-corrected chi connectivity index (χ1v) is 8.96. The fourth-order valence-corrected chi connectivity index (χ4v) is 4.81. The first-order chi connectivity index (χ1) is 12.4. The highest BCUT2D eigenvalue weighted by Gasteiger charge is 2.53. The second-order valence-electron chi connectivity index (χ2n) is 8.14. The van der Waals surface area contributed by atoms with E-state index in [0.717, 1.165) is 17.7 Å². The molecule has 2 aromatic heterocycles. The van der Waals surface area contributed by atoms with Crippen molar-refractivity contribution in [2.45, 2.75) is 44.2 Å². The molecule has 2 aliphatic heterocycles. The van der Waals surface area contributed by atoms with Gasteiger partial charge in [0.05, 0.1) is 11.6 Å². The Morgan fingerprint density at radius 1 is 1.23 bits per heavy atom. The van der Waals surface area contributed by atoms with E-state index in [1.807, 2.05) is 18.2 Å². The van der Waals surface area contributed by atoms with Crippen molar-refractivity contribution < 1.29 is 13.5 Å². The van der Waals surface area contributed by atoms with Gasteiger partial charge < -0.3 is 14.5 Å². The summed E-state index contributed by atoms with van der Waals surface area (Å²) in [5.74, 6) is -0.277. The lowest BCUT2D eigenvalue weighted by Crippen LogP contribution is -2.56. The Bertz CT molecular complexity index is 1030. The standard InChI is InChI=1S/C21H21FN2O2/c1-20(2)19-21(3,6-8-25-19)14-9-12(15(22)10-16(14)24-20)13-11-26-17-5-4-7-23-18(13)17/h4-5,7,9-11,19,24H,6,8H2,1-3H3. The van der Waals surface area contributed by atoms with Gasteiger partial charge in [0.15, 0.2) is 5.58 Å². The molecule has 0 saturated carbocycles. The van der Waals surface area contributed by atoms with Crippen molar-refractivity contribution in [2.75, 3.05) is 11.9 Å². The van der Waals surface area contributed by atoms with Gasteiger partial charge >= 0.3 is 0 Å². The maximum atomic E-state index is 15.0. The van der Waals surface area contributed by atoms with Crippen LogP contribution in [0.25, 0.3) is 22.2 Å². The van der Waals surface area contributed by atoms with Gasteiger partial charge in [0.25, 0.3) is 0 Å². The third kappa shape index (κ3) is 2.01. The first kappa shape index (κ1) is 15.8. The number of ether oxygens (including phenoxy) is 1. The molecule has 1 aromatic carbocycles. The average molecular weight is 352 g/mol. The van der Waals surface area contributed by atoms with Gasteiger partial charge in [0, 0.05) is 35.0 Å². The van der Waals surface area contributed by atoms with E-state index in [4.69, 9.17) is 9.15 Å². The highest BCUT2D eigenvalue weighted by Crippen LogP contribution is 2.51. The first-order valence-electron chi connectivity index (χ1n) is 8.96.